The van der Waals surface area contributed by atoms with Gasteiger partial charge in [0.1, 0.15) is 4.47 Å². The van der Waals surface area contributed by atoms with E-state index < -0.39 is 0 Å². The Hall–Kier alpha value is -1.62. The zero-order chi connectivity index (χ0) is 13.9. The molecule has 4 nitrogen and oxygen atoms in total. The van der Waals surface area contributed by atoms with Crippen molar-refractivity contribution >= 4 is 21.6 Å². The first-order chi connectivity index (χ1) is 9.00. The third-order valence-electron chi connectivity index (χ3n) is 3.07. The van der Waals surface area contributed by atoms with E-state index in [-0.39, 0.29) is 11.0 Å². The molecule has 0 aliphatic heterocycles. The van der Waals surface area contributed by atoms with E-state index in [9.17, 15) is 4.79 Å². The lowest BCUT2D eigenvalue weighted by Gasteiger charge is -2.26. The fourth-order valence-corrected chi connectivity index (χ4v) is 2.15. The normalized spacial score (nSPS) is 11.3. The van der Waals surface area contributed by atoms with E-state index in [1.807, 2.05) is 18.2 Å². The maximum absolute atomic E-state index is 11.4. The van der Waals surface area contributed by atoms with E-state index in [0.717, 1.165) is 0 Å². The lowest BCUT2D eigenvalue weighted by Crippen LogP contribution is -2.28. The largest absolute Gasteiger partial charge is 0.382 e. The second-order valence-electron chi connectivity index (χ2n) is 5.03. The number of H-pyrrole nitrogens is 1. The highest BCUT2D eigenvalue weighted by Gasteiger charge is 2.20. The number of anilines is 1. The number of hydrogen-bond acceptors (Lipinski definition) is 3. The topological polar surface area (TPSA) is 57.8 Å². The van der Waals surface area contributed by atoms with Gasteiger partial charge in [-0.15, -0.1) is 0 Å². The Balaban J connectivity index is 2.14. The Morgan fingerprint density at radius 1 is 1.32 bits per heavy atom. The van der Waals surface area contributed by atoms with Crippen LogP contribution in [0.5, 0.6) is 0 Å². The standard InChI is InChI=1S/C14H16BrN3O/c1-14(2,10-6-4-3-5-7-10)9-16-11-8-17-18-13(19)12(11)15/h3-8H,9H2,1-2H3,(H2,16,18,19). The van der Waals surface area contributed by atoms with Crippen molar-refractivity contribution in [1.82, 2.24) is 10.2 Å². The van der Waals surface area contributed by atoms with Crippen LogP contribution in [0.2, 0.25) is 0 Å². The molecule has 2 rings (SSSR count). The fourth-order valence-electron chi connectivity index (χ4n) is 1.81. The van der Waals surface area contributed by atoms with E-state index >= 15 is 0 Å². The van der Waals surface area contributed by atoms with E-state index in [1.165, 1.54) is 5.56 Å². The zero-order valence-corrected chi connectivity index (χ0v) is 12.5. The van der Waals surface area contributed by atoms with Gasteiger partial charge in [-0.3, -0.25) is 4.79 Å². The summed E-state index contributed by atoms with van der Waals surface area (Å²) in [6, 6.07) is 10.3. The van der Waals surface area contributed by atoms with Gasteiger partial charge in [-0.1, -0.05) is 44.2 Å². The maximum Gasteiger partial charge on any atom is 0.280 e. The van der Waals surface area contributed by atoms with Crippen LogP contribution in [-0.4, -0.2) is 16.7 Å². The summed E-state index contributed by atoms with van der Waals surface area (Å²) < 4.78 is 0.478. The quantitative estimate of drug-likeness (QED) is 0.910. The number of hydrogen-bond donors (Lipinski definition) is 2. The lowest BCUT2D eigenvalue weighted by atomic mass is 9.84. The Bertz CT molecular complexity index is 608. The summed E-state index contributed by atoms with van der Waals surface area (Å²) in [6.45, 7) is 5.02. The molecule has 1 heterocycles. The van der Waals surface area contributed by atoms with Gasteiger partial charge in [-0.05, 0) is 21.5 Å². The Morgan fingerprint density at radius 3 is 2.68 bits per heavy atom. The molecule has 5 heteroatoms. The number of nitrogens with one attached hydrogen (secondary N) is 2. The SMILES string of the molecule is CC(C)(CNc1cn[nH]c(=O)c1Br)c1ccccc1. The molecule has 0 unspecified atom stereocenters. The molecule has 0 saturated heterocycles. The first-order valence-electron chi connectivity index (χ1n) is 6.03. The highest BCUT2D eigenvalue weighted by molar-refractivity contribution is 9.10. The minimum Gasteiger partial charge on any atom is -0.382 e. The zero-order valence-electron chi connectivity index (χ0n) is 10.9. The van der Waals surface area contributed by atoms with Crippen LogP contribution < -0.4 is 10.9 Å². The van der Waals surface area contributed by atoms with Crippen LogP contribution in [0.25, 0.3) is 0 Å². The summed E-state index contributed by atoms with van der Waals surface area (Å²) in [5, 5.41) is 9.43. The molecule has 100 valence electrons. The molecule has 1 aromatic heterocycles. The van der Waals surface area contributed by atoms with Crippen molar-refractivity contribution in [3.63, 3.8) is 0 Å². The van der Waals surface area contributed by atoms with E-state index in [0.29, 0.717) is 16.7 Å². The molecule has 0 saturated carbocycles. The van der Waals surface area contributed by atoms with Crippen molar-refractivity contribution in [1.29, 1.82) is 0 Å². The number of rotatable bonds is 4. The highest BCUT2D eigenvalue weighted by Crippen LogP contribution is 2.24. The average Bonchev–Trinajstić information content (AvgIpc) is 2.41. The maximum atomic E-state index is 11.4. The molecular weight excluding hydrogens is 306 g/mol. The molecule has 2 N–H and O–H groups in total. The van der Waals surface area contributed by atoms with Crippen LogP contribution in [0.3, 0.4) is 0 Å². The van der Waals surface area contributed by atoms with E-state index in [2.05, 4.69) is 57.4 Å². The first kappa shape index (κ1) is 13.8. The van der Waals surface area contributed by atoms with Crippen molar-refractivity contribution < 1.29 is 0 Å². The van der Waals surface area contributed by atoms with Crippen LogP contribution in [-0.2, 0) is 5.41 Å². The molecule has 0 radical (unpaired) electrons. The smallest absolute Gasteiger partial charge is 0.280 e. The predicted molar refractivity (Wildman–Crippen MR) is 80.5 cm³/mol. The molecule has 1 aromatic carbocycles. The molecule has 0 spiro atoms. The summed E-state index contributed by atoms with van der Waals surface area (Å²) >= 11 is 3.26. The molecular formula is C14H16BrN3O. The molecule has 0 aliphatic rings. The summed E-state index contributed by atoms with van der Waals surface area (Å²) in [7, 11) is 0. The Labute approximate surface area is 120 Å². The van der Waals surface area contributed by atoms with Crippen LogP contribution in [0.15, 0.2) is 45.8 Å². The number of benzene rings is 1. The number of aromatic nitrogens is 2. The lowest BCUT2D eigenvalue weighted by molar-refractivity contribution is 0.556. The molecule has 0 atom stereocenters. The third kappa shape index (κ3) is 3.23. The van der Waals surface area contributed by atoms with Gasteiger partial charge in [-0.25, -0.2) is 5.10 Å². The van der Waals surface area contributed by atoms with Gasteiger partial charge in [0.15, 0.2) is 0 Å². The first-order valence-corrected chi connectivity index (χ1v) is 6.82. The van der Waals surface area contributed by atoms with Crippen LogP contribution >= 0.6 is 15.9 Å². The Morgan fingerprint density at radius 2 is 2.00 bits per heavy atom. The van der Waals surface area contributed by atoms with Gasteiger partial charge in [0.2, 0.25) is 0 Å². The third-order valence-corrected chi connectivity index (χ3v) is 3.86. The van der Waals surface area contributed by atoms with Gasteiger partial charge in [-0.2, -0.15) is 5.10 Å². The monoisotopic (exact) mass is 321 g/mol. The second kappa shape index (κ2) is 5.57. The Kier molecular flexibility index (Phi) is 4.04. The van der Waals surface area contributed by atoms with Gasteiger partial charge in [0, 0.05) is 12.0 Å². The number of halogens is 1. The number of nitrogens with zero attached hydrogens (tertiary/aromatic N) is 1. The van der Waals surface area contributed by atoms with Crippen LogP contribution in [0.1, 0.15) is 19.4 Å². The average molecular weight is 322 g/mol. The molecule has 0 bridgehead atoms. The molecule has 0 aliphatic carbocycles. The van der Waals surface area contributed by atoms with Gasteiger partial charge < -0.3 is 5.32 Å². The van der Waals surface area contributed by atoms with Crippen LogP contribution in [0.4, 0.5) is 5.69 Å². The highest BCUT2D eigenvalue weighted by atomic mass is 79.9. The number of aromatic amines is 1. The van der Waals surface area contributed by atoms with Gasteiger partial charge in [0.05, 0.1) is 11.9 Å². The summed E-state index contributed by atoms with van der Waals surface area (Å²) in [4.78, 5) is 11.4. The summed E-state index contributed by atoms with van der Waals surface area (Å²) in [6.07, 6.45) is 1.60. The van der Waals surface area contributed by atoms with Crippen molar-refractivity contribution in [3.8, 4) is 0 Å². The predicted octanol–water partition coefficient (Wildman–Crippen LogP) is 2.92. The summed E-state index contributed by atoms with van der Waals surface area (Å²) in [5.41, 5.74) is 1.68. The molecule has 19 heavy (non-hydrogen) atoms. The second-order valence-corrected chi connectivity index (χ2v) is 5.82. The fraction of sp³-hybridized carbons (Fsp3) is 0.286. The van der Waals surface area contributed by atoms with Crippen molar-refractivity contribution in [2.45, 2.75) is 19.3 Å². The van der Waals surface area contributed by atoms with Crippen molar-refractivity contribution in [3.05, 3.63) is 56.9 Å². The van der Waals surface area contributed by atoms with E-state index in [4.69, 9.17) is 0 Å². The van der Waals surface area contributed by atoms with E-state index in [1.54, 1.807) is 6.20 Å². The minimum absolute atomic E-state index is 0.0384. The molecule has 0 amide bonds. The molecule has 0 fully saturated rings. The van der Waals surface area contributed by atoms with Crippen LogP contribution in [0, 0.1) is 0 Å². The molecule has 2 aromatic rings. The summed E-state index contributed by atoms with van der Waals surface area (Å²) in [5.74, 6) is 0. The van der Waals surface area contributed by atoms with Crippen molar-refractivity contribution in [2.75, 3.05) is 11.9 Å². The van der Waals surface area contributed by atoms with Gasteiger partial charge in [0.25, 0.3) is 5.56 Å². The van der Waals surface area contributed by atoms with Gasteiger partial charge >= 0.3 is 0 Å². The van der Waals surface area contributed by atoms with Crippen molar-refractivity contribution in [2.24, 2.45) is 0 Å². The minimum atomic E-state index is -0.234.